The van der Waals surface area contributed by atoms with Crippen molar-refractivity contribution < 1.29 is 13.9 Å². The van der Waals surface area contributed by atoms with Crippen LogP contribution in [0.15, 0.2) is 24.3 Å². The monoisotopic (exact) mass is 337 g/mol. The zero-order chi connectivity index (χ0) is 16.8. The van der Waals surface area contributed by atoms with Gasteiger partial charge in [-0.25, -0.2) is 9.18 Å². The molecule has 0 saturated carbocycles. The first-order valence-electron chi connectivity index (χ1n) is 7.92. The fourth-order valence-corrected chi connectivity index (χ4v) is 3.70. The van der Waals surface area contributed by atoms with E-state index >= 15 is 0 Å². The van der Waals surface area contributed by atoms with E-state index < -0.39 is 5.60 Å². The van der Waals surface area contributed by atoms with Crippen molar-refractivity contribution in [1.29, 1.82) is 0 Å². The normalized spacial score (nSPS) is 23.7. The largest absolute Gasteiger partial charge is 0.444 e. The van der Waals surface area contributed by atoms with Crippen molar-refractivity contribution in [3.63, 3.8) is 0 Å². The van der Waals surface area contributed by atoms with Gasteiger partial charge in [0, 0.05) is 11.6 Å². The summed E-state index contributed by atoms with van der Waals surface area (Å²) in [7, 11) is 0. The second-order valence-corrected chi connectivity index (χ2v) is 7.59. The minimum absolute atomic E-state index is 0.0468. The lowest BCUT2D eigenvalue weighted by atomic mass is 9.94. The van der Waals surface area contributed by atoms with Gasteiger partial charge in [-0.15, -0.1) is 0 Å². The molecule has 0 aromatic heterocycles. The van der Waals surface area contributed by atoms with E-state index in [9.17, 15) is 9.18 Å². The molecule has 1 fully saturated rings. The average molecular weight is 338 g/mol. The Morgan fingerprint density at radius 3 is 2.70 bits per heavy atom. The van der Waals surface area contributed by atoms with Crippen LogP contribution in [0.25, 0.3) is 5.57 Å². The molecule has 5 heteroatoms. The molecule has 3 rings (SSSR count). The highest BCUT2D eigenvalue weighted by molar-refractivity contribution is 6.32. The van der Waals surface area contributed by atoms with Crippen LogP contribution < -0.4 is 0 Å². The molecule has 1 aromatic rings. The molecule has 0 aliphatic carbocycles. The zero-order valence-corrected chi connectivity index (χ0v) is 14.4. The Bertz CT molecular complexity index is 645. The maximum absolute atomic E-state index is 14.2. The molecular formula is C18H21ClFNO2. The zero-order valence-electron chi connectivity index (χ0n) is 13.6. The van der Waals surface area contributed by atoms with Crippen molar-refractivity contribution in [2.75, 3.05) is 0 Å². The summed E-state index contributed by atoms with van der Waals surface area (Å²) in [5.74, 6) is -0.311. The maximum Gasteiger partial charge on any atom is 0.411 e. The number of rotatable bonds is 1. The van der Waals surface area contributed by atoms with Crippen LogP contribution >= 0.6 is 11.6 Å². The molecule has 2 aliphatic rings. The number of halogens is 2. The SMILES string of the molecule is CC(C)(C)OC(=O)N1C2C=C(c3c(F)cccc3Cl)CC1CC2. The summed E-state index contributed by atoms with van der Waals surface area (Å²) in [5, 5.41) is 0.418. The molecule has 0 radical (unpaired) electrons. The van der Waals surface area contributed by atoms with Gasteiger partial charge in [-0.2, -0.15) is 0 Å². The third-order valence-electron chi connectivity index (χ3n) is 4.28. The van der Waals surface area contributed by atoms with E-state index in [1.54, 1.807) is 17.0 Å². The quantitative estimate of drug-likeness (QED) is 0.719. The molecule has 0 N–H and O–H groups in total. The maximum atomic E-state index is 14.2. The first-order valence-corrected chi connectivity index (χ1v) is 8.30. The van der Waals surface area contributed by atoms with Crippen molar-refractivity contribution >= 4 is 23.3 Å². The summed E-state index contributed by atoms with van der Waals surface area (Å²) < 4.78 is 19.7. The first kappa shape index (κ1) is 16.3. The van der Waals surface area contributed by atoms with Gasteiger partial charge in [0.2, 0.25) is 0 Å². The standard InChI is InChI=1S/C18H21ClFNO2/c1-18(2,3)23-17(22)21-12-7-8-13(21)10-11(9-12)16-14(19)5-4-6-15(16)20/h4-6,9,12-13H,7-8,10H2,1-3H3. The number of benzene rings is 1. The van der Waals surface area contributed by atoms with Crippen molar-refractivity contribution in [3.05, 3.63) is 40.7 Å². The molecule has 2 unspecified atom stereocenters. The number of carbonyl (C=O) groups is 1. The van der Waals surface area contributed by atoms with Crippen LogP contribution in [0.3, 0.4) is 0 Å². The second kappa shape index (κ2) is 5.82. The number of ether oxygens (including phenoxy) is 1. The lowest BCUT2D eigenvalue weighted by Gasteiger charge is -2.35. The first-order chi connectivity index (χ1) is 10.8. The van der Waals surface area contributed by atoms with Gasteiger partial charge in [0.1, 0.15) is 11.4 Å². The number of hydrogen-bond acceptors (Lipinski definition) is 2. The smallest absolute Gasteiger partial charge is 0.411 e. The van der Waals surface area contributed by atoms with E-state index in [4.69, 9.17) is 16.3 Å². The summed E-state index contributed by atoms with van der Waals surface area (Å²) in [6, 6.07) is 4.72. The highest BCUT2D eigenvalue weighted by Gasteiger charge is 2.42. The highest BCUT2D eigenvalue weighted by Crippen LogP contribution is 2.41. The van der Waals surface area contributed by atoms with Gasteiger partial charge in [-0.1, -0.05) is 23.7 Å². The van der Waals surface area contributed by atoms with E-state index in [0.29, 0.717) is 17.0 Å². The van der Waals surface area contributed by atoms with Crippen molar-refractivity contribution in [2.45, 2.75) is 57.7 Å². The van der Waals surface area contributed by atoms with Crippen LogP contribution in [0.1, 0.15) is 45.6 Å². The fourth-order valence-electron chi connectivity index (χ4n) is 3.42. The molecule has 1 amide bonds. The molecule has 1 aromatic carbocycles. The Balaban J connectivity index is 1.88. The Kier molecular flexibility index (Phi) is 4.13. The third kappa shape index (κ3) is 3.23. The van der Waals surface area contributed by atoms with E-state index in [-0.39, 0.29) is 24.0 Å². The van der Waals surface area contributed by atoms with Crippen molar-refractivity contribution in [3.8, 4) is 0 Å². The van der Waals surface area contributed by atoms with Crippen LogP contribution in [0.2, 0.25) is 5.02 Å². The van der Waals surface area contributed by atoms with E-state index in [2.05, 4.69) is 0 Å². The fraction of sp³-hybridized carbons (Fsp3) is 0.500. The molecule has 3 nitrogen and oxygen atoms in total. The Labute approximate surface area is 141 Å². The van der Waals surface area contributed by atoms with Crippen LogP contribution in [0, 0.1) is 5.82 Å². The minimum atomic E-state index is -0.518. The van der Waals surface area contributed by atoms with Gasteiger partial charge >= 0.3 is 6.09 Å². The van der Waals surface area contributed by atoms with Crippen LogP contribution in [0.5, 0.6) is 0 Å². The number of fused-ring (bicyclic) bond motifs is 2. The van der Waals surface area contributed by atoms with Gasteiger partial charge in [0.05, 0.1) is 11.1 Å². The van der Waals surface area contributed by atoms with Gasteiger partial charge in [-0.05, 0) is 57.7 Å². The van der Waals surface area contributed by atoms with E-state index in [1.807, 2.05) is 26.8 Å². The summed E-state index contributed by atoms with van der Waals surface area (Å²) in [6.45, 7) is 5.57. The average Bonchev–Trinajstić information content (AvgIpc) is 2.68. The molecular weight excluding hydrogens is 317 g/mol. The molecule has 2 heterocycles. The number of hydrogen-bond donors (Lipinski definition) is 0. The number of carbonyl (C=O) groups excluding carboxylic acids is 1. The summed E-state index contributed by atoms with van der Waals surface area (Å²) in [5.41, 5.74) is 0.838. The Morgan fingerprint density at radius 1 is 1.35 bits per heavy atom. The van der Waals surface area contributed by atoms with Crippen LogP contribution in [-0.4, -0.2) is 28.7 Å². The predicted molar refractivity (Wildman–Crippen MR) is 88.9 cm³/mol. The van der Waals surface area contributed by atoms with Gasteiger partial charge in [0.15, 0.2) is 0 Å². The number of nitrogens with zero attached hydrogens (tertiary/aromatic N) is 1. The second-order valence-electron chi connectivity index (χ2n) is 7.18. The van der Waals surface area contributed by atoms with Crippen molar-refractivity contribution in [2.24, 2.45) is 0 Å². The lowest BCUT2D eigenvalue weighted by molar-refractivity contribution is 0.0175. The van der Waals surface area contributed by atoms with Gasteiger partial charge in [-0.3, -0.25) is 4.90 Å². The predicted octanol–water partition coefficient (Wildman–Crippen LogP) is 5.03. The Hall–Kier alpha value is -1.55. The summed E-state index contributed by atoms with van der Waals surface area (Å²) in [4.78, 5) is 14.2. The highest BCUT2D eigenvalue weighted by atomic mass is 35.5. The lowest BCUT2D eigenvalue weighted by Crippen LogP contribution is -2.45. The van der Waals surface area contributed by atoms with Gasteiger partial charge in [0.25, 0.3) is 0 Å². The van der Waals surface area contributed by atoms with E-state index in [0.717, 1.165) is 18.4 Å². The van der Waals surface area contributed by atoms with Gasteiger partial charge < -0.3 is 4.74 Å². The molecule has 2 aliphatic heterocycles. The van der Waals surface area contributed by atoms with Crippen LogP contribution in [0.4, 0.5) is 9.18 Å². The minimum Gasteiger partial charge on any atom is -0.444 e. The van der Waals surface area contributed by atoms with E-state index in [1.165, 1.54) is 6.07 Å². The molecule has 23 heavy (non-hydrogen) atoms. The molecule has 0 spiro atoms. The summed E-state index contributed by atoms with van der Waals surface area (Å²) >= 11 is 6.18. The third-order valence-corrected chi connectivity index (χ3v) is 4.60. The van der Waals surface area contributed by atoms with Crippen LogP contribution in [-0.2, 0) is 4.74 Å². The number of amides is 1. The molecule has 2 bridgehead atoms. The molecule has 1 saturated heterocycles. The topological polar surface area (TPSA) is 29.5 Å². The molecule has 124 valence electrons. The summed E-state index contributed by atoms with van der Waals surface area (Å²) in [6.07, 6.45) is 4.06. The molecule has 2 atom stereocenters. The Morgan fingerprint density at radius 2 is 2.09 bits per heavy atom. The van der Waals surface area contributed by atoms with Crippen molar-refractivity contribution in [1.82, 2.24) is 4.90 Å².